The van der Waals surface area contributed by atoms with Gasteiger partial charge < -0.3 is 5.84 Å². The highest BCUT2D eigenvalue weighted by molar-refractivity contribution is 7.90. The van der Waals surface area contributed by atoms with Gasteiger partial charge in [-0.05, 0) is 35.9 Å². The third kappa shape index (κ3) is 3.77. The number of primary sulfonamides is 1. The topological polar surface area (TPSA) is 187 Å². The molecule has 0 aliphatic rings. The molecule has 0 radical (unpaired) electrons. The van der Waals surface area contributed by atoms with Crippen molar-refractivity contribution < 1.29 is 16.8 Å². The summed E-state index contributed by atoms with van der Waals surface area (Å²) in [7, 11) is -8.31. The molecule has 5 N–H and O–H groups in total. The molecule has 4 aromatic rings. The molecule has 2 aromatic carbocycles. The normalized spacial score (nSPS) is 12.7. The van der Waals surface area contributed by atoms with E-state index in [-0.39, 0.29) is 26.6 Å². The Hall–Kier alpha value is -3.94. The number of hydrogen-bond acceptors (Lipinski definition) is 8. The van der Waals surface area contributed by atoms with E-state index >= 15 is 0 Å². The molecule has 0 saturated carbocycles. The van der Waals surface area contributed by atoms with Crippen molar-refractivity contribution in [2.24, 2.45) is 21.2 Å². The average molecular weight is 484 g/mol. The highest BCUT2D eigenvalue weighted by Crippen LogP contribution is 2.36. The summed E-state index contributed by atoms with van der Waals surface area (Å²) in [5, 5.41) is 12.4. The zero-order valence-electron chi connectivity index (χ0n) is 16.8. The van der Waals surface area contributed by atoms with E-state index in [0.29, 0.717) is 10.9 Å². The van der Waals surface area contributed by atoms with Crippen LogP contribution in [0.2, 0.25) is 0 Å². The smallest absolute Gasteiger partial charge is 0.269 e. The highest BCUT2D eigenvalue weighted by Gasteiger charge is 2.27. The second-order valence-corrected chi connectivity index (χ2v) is 10.2. The van der Waals surface area contributed by atoms with Crippen LogP contribution < -0.4 is 11.0 Å². The van der Waals surface area contributed by atoms with Crippen molar-refractivity contribution in [3.63, 3.8) is 0 Å². The van der Waals surface area contributed by atoms with Gasteiger partial charge in [-0.2, -0.15) is 5.10 Å². The lowest BCUT2D eigenvalue weighted by Gasteiger charge is -2.12. The van der Waals surface area contributed by atoms with Crippen LogP contribution in [0, 0.1) is 5.53 Å². The molecular formula is C20H17N7O4S2. The van der Waals surface area contributed by atoms with Gasteiger partial charge in [0.1, 0.15) is 0 Å². The van der Waals surface area contributed by atoms with E-state index in [1.807, 2.05) is 0 Å². The molecule has 0 spiro atoms. The fraction of sp³-hybridized carbons (Fsp3) is 0. The number of nitrogens with one attached hydrogen (secondary N) is 1. The van der Waals surface area contributed by atoms with Gasteiger partial charge in [0, 0.05) is 23.3 Å². The first kappa shape index (κ1) is 22.3. The number of sulfonamides is 1. The van der Waals surface area contributed by atoms with Crippen LogP contribution in [0.1, 0.15) is 5.56 Å². The summed E-state index contributed by atoms with van der Waals surface area (Å²) >= 11 is 0. The van der Waals surface area contributed by atoms with E-state index in [9.17, 15) is 16.8 Å². The van der Waals surface area contributed by atoms with Crippen LogP contribution in [-0.2, 0) is 20.0 Å². The van der Waals surface area contributed by atoms with Gasteiger partial charge in [-0.3, -0.25) is 0 Å². The number of pyridine rings is 1. The largest absolute Gasteiger partial charge is 0.321 e. The Morgan fingerprint density at radius 1 is 0.939 bits per heavy atom. The van der Waals surface area contributed by atoms with Crippen molar-refractivity contribution in [3.8, 4) is 11.1 Å². The van der Waals surface area contributed by atoms with Crippen LogP contribution in [0.5, 0.6) is 0 Å². The zero-order chi connectivity index (χ0) is 23.8. The Kier molecular flexibility index (Phi) is 5.53. The first-order valence-electron chi connectivity index (χ1n) is 9.28. The molecule has 33 heavy (non-hydrogen) atoms. The molecule has 0 unspecified atom stereocenters. The van der Waals surface area contributed by atoms with E-state index in [1.54, 1.807) is 30.3 Å². The van der Waals surface area contributed by atoms with E-state index < -0.39 is 25.9 Å². The Labute approximate surface area is 189 Å². The molecule has 0 aliphatic carbocycles. The van der Waals surface area contributed by atoms with E-state index in [0.717, 1.165) is 3.97 Å². The fourth-order valence-corrected chi connectivity index (χ4v) is 5.61. The maximum atomic E-state index is 13.4. The number of hydrazone groups is 1. The van der Waals surface area contributed by atoms with Gasteiger partial charge in [-0.15, -0.1) is 5.11 Å². The van der Waals surface area contributed by atoms with Crippen molar-refractivity contribution in [3.05, 3.63) is 78.6 Å². The predicted molar refractivity (Wildman–Crippen MR) is 121 cm³/mol. The van der Waals surface area contributed by atoms with Crippen LogP contribution >= 0.6 is 0 Å². The molecule has 0 atom stereocenters. The van der Waals surface area contributed by atoms with Crippen LogP contribution in [0.4, 0.5) is 0 Å². The molecule has 168 valence electrons. The van der Waals surface area contributed by atoms with E-state index in [1.165, 1.54) is 42.7 Å². The van der Waals surface area contributed by atoms with E-state index in [4.69, 9.17) is 16.5 Å². The van der Waals surface area contributed by atoms with Crippen LogP contribution in [0.3, 0.4) is 0 Å². The van der Waals surface area contributed by atoms with Crippen molar-refractivity contribution in [2.75, 3.05) is 0 Å². The quantitative estimate of drug-likeness (QED) is 0.128. The number of fused-ring (bicyclic) bond motifs is 1. The van der Waals surface area contributed by atoms with Gasteiger partial charge in [0.2, 0.25) is 15.9 Å². The average Bonchev–Trinajstić information content (AvgIpc) is 3.20. The fourth-order valence-electron chi connectivity index (χ4n) is 3.51. The second-order valence-electron chi connectivity index (χ2n) is 6.82. The summed E-state index contributed by atoms with van der Waals surface area (Å²) in [5.74, 6) is 4.96. The molecule has 0 saturated heterocycles. The monoisotopic (exact) mass is 483 g/mol. The maximum Gasteiger partial charge on any atom is 0.269 e. The van der Waals surface area contributed by atoms with Gasteiger partial charge in [0.25, 0.3) is 10.0 Å². The minimum atomic E-state index is -4.27. The Bertz CT molecular complexity index is 1630. The molecular weight excluding hydrogens is 466 g/mol. The molecule has 2 aromatic heterocycles. The molecule has 0 bridgehead atoms. The summed E-state index contributed by atoms with van der Waals surface area (Å²) in [5.41, 5.74) is 7.92. The number of rotatable bonds is 5. The molecule has 0 amide bonds. The molecule has 0 aliphatic heterocycles. The lowest BCUT2D eigenvalue weighted by Crippen LogP contribution is -2.18. The summed E-state index contributed by atoms with van der Waals surface area (Å²) in [4.78, 5) is 3.91. The van der Waals surface area contributed by atoms with Gasteiger partial charge in [0.15, 0.2) is 5.65 Å². The minimum Gasteiger partial charge on any atom is -0.321 e. The Morgan fingerprint density at radius 2 is 1.67 bits per heavy atom. The SMILES string of the molecule is N=N/C(=N\N)c1c(-c2cn(S(=O)(=O)c3ccccc3)c3ncccc23)cccc1S(N)(=O)=O. The van der Waals surface area contributed by atoms with Gasteiger partial charge in [-0.1, -0.05) is 30.3 Å². The van der Waals surface area contributed by atoms with Crippen LogP contribution in [-0.4, -0.2) is 31.6 Å². The summed E-state index contributed by atoms with van der Waals surface area (Å²) in [6, 6.07) is 15.2. The second kappa shape index (κ2) is 8.20. The Morgan fingerprint density at radius 3 is 2.30 bits per heavy atom. The number of amidine groups is 1. The number of benzene rings is 2. The lowest BCUT2D eigenvalue weighted by molar-refractivity contribution is 0.588. The van der Waals surface area contributed by atoms with Crippen molar-refractivity contribution in [1.29, 1.82) is 5.53 Å². The number of nitrogens with two attached hydrogens (primary N) is 2. The van der Waals surface area contributed by atoms with Gasteiger partial charge in [0.05, 0.1) is 15.4 Å². The summed E-state index contributed by atoms with van der Waals surface area (Å²) in [6.07, 6.45) is 2.76. The third-order valence-corrected chi connectivity index (χ3v) is 7.52. The molecule has 4 rings (SSSR count). The van der Waals surface area contributed by atoms with Gasteiger partial charge >= 0.3 is 0 Å². The predicted octanol–water partition coefficient (Wildman–Crippen LogP) is 2.24. The Balaban J connectivity index is 2.12. The maximum absolute atomic E-state index is 13.4. The first-order chi connectivity index (χ1) is 15.7. The van der Waals surface area contributed by atoms with E-state index in [2.05, 4.69) is 15.2 Å². The standard InChI is InChI=1S/C20H17N7O4S2/c21-25-19(26-22)18-14(8-4-10-17(18)32(23,28)29)16-12-27(20-15(16)9-5-11-24-20)33(30,31)13-6-2-1-3-7-13/h1-12,21H,22H2,(H2,23,28,29)/b25-21?,26-19-. The summed E-state index contributed by atoms with van der Waals surface area (Å²) in [6.45, 7) is 0. The van der Waals surface area contributed by atoms with Crippen LogP contribution in [0.25, 0.3) is 22.2 Å². The van der Waals surface area contributed by atoms with Crippen molar-refractivity contribution >= 4 is 36.9 Å². The van der Waals surface area contributed by atoms with Crippen molar-refractivity contribution in [1.82, 2.24) is 8.96 Å². The number of nitrogens with zero attached hydrogens (tertiary/aromatic N) is 4. The lowest BCUT2D eigenvalue weighted by atomic mass is 9.99. The van der Waals surface area contributed by atoms with Crippen molar-refractivity contribution in [2.45, 2.75) is 9.79 Å². The molecule has 2 heterocycles. The van der Waals surface area contributed by atoms with Crippen LogP contribution in [0.15, 0.2) is 93.1 Å². The molecule has 13 heteroatoms. The zero-order valence-corrected chi connectivity index (χ0v) is 18.5. The highest BCUT2D eigenvalue weighted by atomic mass is 32.2. The number of aromatic nitrogens is 2. The first-order valence-corrected chi connectivity index (χ1v) is 12.3. The molecule has 0 fully saturated rings. The number of hydrogen-bond donors (Lipinski definition) is 3. The molecule has 11 nitrogen and oxygen atoms in total. The third-order valence-electron chi connectivity index (χ3n) is 4.91. The van der Waals surface area contributed by atoms with Gasteiger partial charge in [-0.25, -0.2) is 36.5 Å². The summed E-state index contributed by atoms with van der Waals surface area (Å²) < 4.78 is 52.2. The minimum absolute atomic E-state index is 0.0444.